The molecule has 0 atom stereocenters. The Bertz CT molecular complexity index is 575. The number of thiazole rings is 1. The Hall–Kier alpha value is -1.36. The van der Waals surface area contributed by atoms with Gasteiger partial charge >= 0.3 is 0 Å². The van der Waals surface area contributed by atoms with Crippen LogP contribution in [0.5, 0.6) is 0 Å². The van der Waals surface area contributed by atoms with Gasteiger partial charge in [-0.15, -0.1) is 11.3 Å². The van der Waals surface area contributed by atoms with Crippen molar-refractivity contribution in [2.24, 2.45) is 7.05 Å². The summed E-state index contributed by atoms with van der Waals surface area (Å²) in [7, 11) is 1.97. The zero-order valence-electron chi connectivity index (χ0n) is 12.5. The standard InChI is InChI=1S/C14H22N4S/c1-9-12(10(2)18(6)17-9)15-7-11-8-19-13(16-11)14(3,4)5/h8,15H,7H2,1-6H3. The summed E-state index contributed by atoms with van der Waals surface area (Å²) in [5.41, 5.74) is 4.53. The Labute approximate surface area is 118 Å². The summed E-state index contributed by atoms with van der Waals surface area (Å²) in [6.45, 7) is 11.4. The third-order valence-electron chi connectivity index (χ3n) is 3.15. The van der Waals surface area contributed by atoms with Crippen molar-refractivity contribution in [3.63, 3.8) is 0 Å². The second kappa shape index (κ2) is 4.96. The lowest BCUT2D eigenvalue weighted by atomic mass is 9.98. The van der Waals surface area contributed by atoms with Gasteiger partial charge in [0.1, 0.15) is 0 Å². The van der Waals surface area contributed by atoms with Crippen LogP contribution in [-0.4, -0.2) is 14.8 Å². The van der Waals surface area contributed by atoms with E-state index in [1.54, 1.807) is 11.3 Å². The number of aromatic nitrogens is 3. The Balaban J connectivity index is 2.09. The summed E-state index contributed by atoms with van der Waals surface area (Å²) >= 11 is 1.73. The van der Waals surface area contributed by atoms with E-state index in [9.17, 15) is 0 Å². The van der Waals surface area contributed by atoms with Crippen molar-refractivity contribution in [3.8, 4) is 0 Å². The molecule has 0 aliphatic rings. The van der Waals surface area contributed by atoms with Gasteiger partial charge in [-0.25, -0.2) is 4.98 Å². The summed E-state index contributed by atoms with van der Waals surface area (Å²) in [5, 5.41) is 11.2. The van der Waals surface area contributed by atoms with Crippen LogP contribution in [0.1, 0.15) is 42.9 Å². The molecule has 2 aromatic heterocycles. The van der Waals surface area contributed by atoms with E-state index in [0.717, 1.165) is 29.3 Å². The van der Waals surface area contributed by atoms with E-state index in [0.29, 0.717) is 0 Å². The van der Waals surface area contributed by atoms with Crippen LogP contribution in [-0.2, 0) is 19.0 Å². The molecule has 1 N–H and O–H groups in total. The molecule has 2 heterocycles. The molecule has 5 heteroatoms. The second-order valence-electron chi connectivity index (χ2n) is 5.92. The lowest BCUT2D eigenvalue weighted by Crippen LogP contribution is -2.11. The Morgan fingerprint density at radius 1 is 1.32 bits per heavy atom. The molecule has 0 radical (unpaired) electrons. The van der Waals surface area contributed by atoms with Gasteiger partial charge in [-0.3, -0.25) is 4.68 Å². The van der Waals surface area contributed by atoms with Crippen LogP contribution >= 0.6 is 11.3 Å². The van der Waals surface area contributed by atoms with Crippen LogP contribution in [0.2, 0.25) is 0 Å². The molecule has 0 amide bonds. The van der Waals surface area contributed by atoms with Gasteiger partial charge in [0.05, 0.1) is 34.3 Å². The number of aryl methyl sites for hydroxylation is 2. The fourth-order valence-electron chi connectivity index (χ4n) is 1.94. The van der Waals surface area contributed by atoms with E-state index in [-0.39, 0.29) is 5.41 Å². The van der Waals surface area contributed by atoms with Crippen LogP contribution in [0, 0.1) is 13.8 Å². The fourth-order valence-corrected chi connectivity index (χ4v) is 2.85. The first-order chi connectivity index (χ1) is 8.79. The van der Waals surface area contributed by atoms with Crippen molar-refractivity contribution >= 4 is 17.0 Å². The molecule has 0 aliphatic carbocycles. The van der Waals surface area contributed by atoms with Crippen LogP contribution in [0.15, 0.2) is 5.38 Å². The number of nitrogens with zero attached hydrogens (tertiary/aromatic N) is 3. The maximum atomic E-state index is 4.69. The normalized spacial score (nSPS) is 11.9. The van der Waals surface area contributed by atoms with Crippen LogP contribution in [0.25, 0.3) is 0 Å². The Morgan fingerprint density at radius 2 is 2.00 bits per heavy atom. The quantitative estimate of drug-likeness (QED) is 0.935. The van der Waals surface area contributed by atoms with E-state index >= 15 is 0 Å². The molecule has 0 aliphatic heterocycles. The SMILES string of the molecule is Cc1nn(C)c(C)c1NCc1csc(C(C)(C)C)n1. The summed E-state index contributed by atoms with van der Waals surface area (Å²) in [6.07, 6.45) is 0. The largest absolute Gasteiger partial charge is 0.376 e. The summed E-state index contributed by atoms with van der Waals surface area (Å²) < 4.78 is 1.90. The molecule has 19 heavy (non-hydrogen) atoms. The first-order valence-corrected chi connectivity index (χ1v) is 7.36. The lowest BCUT2D eigenvalue weighted by Gasteiger charge is -2.13. The highest BCUT2D eigenvalue weighted by Crippen LogP contribution is 2.26. The molecular weight excluding hydrogens is 256 g/mol. The molecule has 4 nitrogen and oxygen atoms in total. The van der Waals surface area contributed by atoms with Crippen molar-refractivity contribution in [2.45, 2.75) is 46.6 Å². The van der Waals surface area contributed by atoms with Gasteiger partial charge < -0.3 is 5.32 Å². The van der Waals surface area contributed by atoms with Gasteiger partial charge in [0, 0.05) is 17.8 Å². The Morgan fingerprint density at radius 3 is 2.47 bits per heavy atom. The van der Waals surface area contributed by atoms with E-state index in [1.807, 2.05) is 18.7 Å². The van der Waals surface area contributed by atoms with Gasteiger partial charge in [0.15, 0.2) is 0 Å². The molecule has 0 aromatic carbocycles. The van der Waals surface area contributed by atoms with Gasteiger partial charge in [-0.2, -0.15) is 5.10 Å². The van der Waals surface area contributed by atoms with Crippen molar-refractivity contribution in [3.05, 3.63) is 27.5 Å². The molecule has 0 unspecified atom stereocenters. The number of anilines is 1. The third-order valence-corrected chi connectivity index (χ3v) is 4.47. The summed E-state index contributed by atoms with van der Waals surface area (Å²) in [6, 6.07) is 0. The topological polar surface area (TPSA) is 42.7 Å². The molecule has 2 aromatic rings. The maximum absolute atomic E-state index is 4.69. The Kier molecular flexibility index (Phi) is 3.67. The van der Waals surface area contributed by atoms with Crippen molar-refractivity contribution in [1.29, 1.82) is 0 Å². The van der Waals surface area contributed by atoms with Crippen LogP contribution in [0.4, 0.5) is 5.69 Å². The van der Waals surface area contributed by atoms with Crippen molar-refractivity contribution < 1.29 is 0 Å². The van der Waals surface area contributed by atoms with E-state index in [2.05, 4.69) is 43.5 Å². The highest BCUT2D eigenvalue weighted by atomic mass is 32.1. The fraction of sp³-hybridized carbons (Fsp3) is 0.571. The number of hydrogen-bond acceptors (Lipinski definition) is 4. The zero-order chi connectivity index (χ0) is 14.2. The van der Waals surface area contributed by atoms with E-state index in [4.69, 9.17) is 4.98 Å². The van der Waals surface area contributed by atoms with Gasteiger partial charge in [0.25, 0.3) is 0 Å². The average molecular weight is 278 g/mol. The maximum Gasteiger partial charge on any atom is 0.0982 e. The molecule has 0 fully saturated rings. The minimum atomic E-state index is 0.128. The van der Waals surface area contributed by atoms with Gasteiger partial charge in [-0.05, 0) is 13.8 Å². The predicted molar refractivity (Wildman–Crippen MR) is 80.8 cm³/mol. The monoisotopic (exact) mass is 278 g/mol. The highest BCUT2D eigenvalue weighted by Gasteiger charge is 2.18. The lowest BCUT2D eigenvalue weighted by molar-refractivity contribution is 0.583. The molecular formula is C14H22N4S. The van der Waals surface area contributed by atoms with Crippen molar-refractivity contribution in [2.75, 3.05) is 5.32 Å². The molecule has 2 rings (SSSR count). The molecule has 104 valence electrons. The van der Waals surface area contributed by atoms with Gasteiger partial charge in [-0.1, -0.05) is 20.8 Å². The van der Waals surface area contributed by atoms with Crippen LogP contribution in [0.3, 0.4) is 0 Å². The predicted octanol–water partition coefficient (Wildman–Crippen LogP) is 3.40. The highest BCUT2D eigenvalue weighted by molar-refractivity contribution is 7.09. The van der Waals surface area contributed by atoms with E-state index in [1.165, 1.54) is 5.01 Å². The molecule has 0 saturated heterocycles. The first-order valence-electron chi connectivity index (χ1n) is 6.48. The average Bonchev–Trinajstić information content (AvgIpc) is 2.84. The number of hydrogen-bond donors (Lipinski definition) is 1. The molecule has 0 spiro atoms. The minimum Gasteiger partial charge on any atom is -0.376 e. The number of rotatable bonds is 3. The number of nitrogens with one attached hydrogen (secondary N) is 1. The molecule has 0 bridgehead atoms. The third kappa shape index (κ3) is 2.97. The minimum absolute atomic E-state index is 0.128. The first kappa shape index (κ1) is 14.1. The van der Waals surface area contributed by atoms with Crippen molar-refractivity contribution in [1.82, 2.24) is 14.8 Å². The summed E-state index contributed by atoms with van der Waals surface area (Å²) in [4.78, 5) is 4.69. The zero-order valence-corrected chi connectivity index (χ0v) is 13.4. The van der Waals surface area contributed by atoms with Crippen LogP contribution < -0.4 is 5.32 Å². The molecule has 0 saturated carbocycles. The van der Waals surface area contributed by atoms with Gasteiger partial charge in [0.2, 0.25) is 0 Å². The summed E-state index contributed by atoms with van der Waals surface area (Å²) in [5.74, 6) is 0. The second-order valence-corrected chi connectivity index (χ2v) is 6.78. The smallest absolute Gasteiger partial charge is 0.0982 e. The van der Waals surface area contributed by atoms with E-state index < -0.39 is 0 Å².